The molecule has 1 heterocycles. The van der Waals surface area contributed by atoms with Crippen molar-refractivity contribution in [1.82, 2.24) is 0 Å². The van der Waals surface area contributed by atoms with E-state index in [2.05, 4.69) is 24.8 Å². The van der Waals surface area contributed by atoms with Crippen LogP contribution >= 0.6 is 0 Å². The molecular formula is C14H19NO. The zero-order valence-corrected chi connectivity index (χ0v) is 10.1. The first kappa shape index (κ1) is 11.2. The number of benzene rings is 1. The molecule has 0 spiro atoms. The number of carbonyl (C=O) groups excluding carboxylic acids is 1. The average molecular weight is 217 g/mol. The van der Waals surface area contributed by atoms with Crippen molar-refractivity contribution in [3.8, 4) is 0 Å². The van der Waals surface area contributed by atoms with Crippen LogP contribution in [0.4, 0.5) is 5.69 Å². The Labute approximate surface area is 97.3 Å². The van der Waals surface area contributed by atoms with Gasteiger partial charge in [-0.25, -0.2) is 0 Å². The first-order valence-electron chi connectivity index (χ1n) is 6.01. The van der Waals surface area contributed by atoms with Gasteiger partial charge in [-0.1, -0.05) is 6.92 Å². The van der Waals surface area contributed by atoms with Crippen molar-refractivity contribution in [2.24, 2.45) is 5.92 Å². The Morgan fingerprint density at radius 3 is 2.88 bits per heavy atom. The Hall–Kier alpha value is -1.31. The smallest absolute Gasteiger partial charge is 0.150 e. The van der Waals surface area contributed by atoms with Crippen molar-refractivity contribution in [3.05, 3.63) is 29.3 Å². The molecule has 2 nitrogen and oxygen atoms in total. The van der Waals surface area contributed by atoms with Crippen molar-refractivity contribution in [1.29, 1.82) is 0 Å². The Kier molecular flexibility index (Phi) is 3.28. The van der Waals surface area contributed by atoms with Crippen LogP contribution < -0.4 is 4.90 Å². The van der Waals surface area contributed by atoms with Gasteiger partial charge in [0.1, 0.15) is 6.29 Å². The van der Waals surface area contributed by atoms with Crippen molar-refractivity contribution in [3.63, 3.8) is 0 Å². The second kappa shape index (κ2) is 4.69. The number of aldehydes is 1. The average Bonchev–Trinajstić information content (AvgIpc) is 2.28. The fraction of sp³-hybridized carbons (Fsp3) is 0.500. The number of piperidine rings is 1. The second-order valence-electron chi connectivity index (χ2n) is 4.86. The van der Waals surface area contributed by atoms with E-state index in [0.717, 1.165) is 30.9 Å². The van der Waals surface area contributed by atoms with Crippen molar-refractivity contribution in [2.45, 2.75) is 26.7 Å². The first-order chi connectivity index (χ1) is 7.70. The molecule has 1 atom stereocenters. The van der Waals surface area contributed by atoms with Crippen LogP contribution in [0.25, 0.3) is 0 Å². The monoisotopic (exact) mass is 217 g/mol. The van der Waals surface area contributed by atoms with Gasteiger partial charge >= 0.3 is 0 Å². The molecule has 2 heteroatoms. The lowest BCUT2D eigenvalue weighted by atomic mass is 9.98. The third-order valence-corrected chi connectivity index (χ3v) is 3.35. The Morgan fingerprint density at radius 2 is 2.25 bits per heavy atom. The minimum absolute atomic E-state index is 0.770. The summed E-state index contributed by atoms with van der Waals surface area (Å²) in [5, 5.41) is 0. The molecule has 1 aromatic rings. The van der Waals surface area contributed by atoms with E-state index in [1.807, 2.05) is 12.1 Å². The molecule has 0 amide bonds. The number of aryl methyl sites for hydroxylation is 1. The van der Waals surface area contributed by atoms with Gasteiger partial charge in [-0.3, -0.25) is 4.79 Å². The maximum Gasteiger partial charge on any atom is 0.150 e. The van der Waals surface area contributed by atoms with Gasteiger partial charge in [-0.2, -0.15) is 0 Å². The molecule has 0 N–H and O–H groups in total. The van der Waals surface area contributed by atoms with Crippen LogP contribution in [-0.4, -0.2) is 19.4 Å². The topological polar surface area (TPSA) is 20.3 Å². The Bertz CT molecular complexity index is 386. The molecule has 0 aliphatic carbocycles. The van der Waals surface area contributed by atoms with E-state index in [4.69, 9.17) is 0 Å². The first-order valence-corrected chi connectivity index (χ1v) is 6.01. The molecule has 0 saturated carbocycles. The van der Waals surface area contributed by atoms with Gasteiger partial charge in [0.05, 0.1) is 0 Å². The summed E-state index contributed by atoms with van der Waals surface area (Å²) in [4.78, 5) is 13.1. The third kappa shape index (κ3) is 2.26. The summed E-state index contributed by atoms with van der Waals surface area (Å²) < 4.78 is 0. The molecule has 2 rings (SSSR count). The normalized spacial score (nSPS) is 20.9. The van der Waals surface area contributed by atoms with Gasteiger partial charge in [0.2, 0.25) is 0 Å². The van der Waals surface area contributed by atoms with E-state index < -0.39 is 0 Å². The zero-order valence-electron chi connectivity index (χ0n) is 10.1. The van der Waals surface area contributed by atoms with Crippen LogP contribution in [0.5, 0.6) is 0 Å². The van der Waals surface area contributed by atoms with Gasteiger partial charge in [0.15, 0.2) is 0 Å². The number of hydrogen-bond acceptors (Lipinski definition) is 2. The summed E-state index contributed by atoms with van der Waals surface area (Å²) in [7, 11) is 0. The minimum atomic E-state index is 0.770. The van der Waals surface area contributed by atoms with Gasteiger partial charge < -0.3 is 4.90 Å². The Morgan fingerprint density at radius 1 is 1.44 bits per heavy atom. The lowest BCUT2D eigenvalue weighted by Gasteiger charge is -2.33. The van der Waals surface area contributed by atoms with Crippen LogP contribution in [0.2, 0.25) is 0 Å². The molecule has 0 bridgehead atoms. The van der Waals surface area contributed by atoms with E-state index in [0.29, 0.717) is 0 Å². The molecule has 1 aliphatic heterocycles. The van der Waals surface area contributed by atoms with Crippen LogP contribution in [-0.2, 0) is 0 Å². The van der Waals surface area contributed by atoms with Crippen molar-refractivity contribution >= 4 is 12.0 Å². The van der Waals surface area contributed by atoms with E-state index in [1.54, 1.807) is 0 Å². The zero-order chi connectivity index (χ0) is 11.5. The Balaban J connectivity index is 2.22. The number of hydrogen-bond donors (Lipinski definition) is 0. The van der Waals surface area contributed by atoms with Gasteiger partial charge in [0.25, 0.3) is 0 Å². The molecular weight excluding hydrogens is 198 g/mol. The van der Waals surface area contributed by atoms with Gasteiger partial charge in [0, 0.05) is 24.3 Å². The largest absolute Gasteiger partial charge is 0.371 e. The van der Waals surface area contributed by atoms with E-state index in [1.165, 1.54) is 24.1 Å². The molecule has 1 fully saturated rings. The second-order valence-corrected chi connectivity index (χ2v) is 4.86. The SMILES string of the molecule is Cc1cc(C=O)ccc1N1CCCC(C)C1. The van der Waals surface area contributed by atoms with E-state index in [9.17, 15) is 4.79 Å². The standard InChI is InChI=1S/C14H19NO/c1-11-4-3-7-15(9-11)14-6-5-13(10-16)8-12(14)2/h5-6,8,10-11H,3-4,7,9H2,1-2H3. The van der Waals surface area contributed by atoms with Crippen LogP contribution in [0.15, 0.2) is 18.2 Å². The lowest BCUT2D eigenvalue weighted by Crippen LogP contribution is -2.34. The summed E-state index contributed by atoms with van der Waals surface area (Å²) in [6.45, 7) is 6.68. The maximum absolute atomic E-state index is 10.7. The number of rotatable bonds is 2. The summed E-state index contributed by atoms with van der Waals surface area (Å²) in [6.07, 6.45) is 3.52. The van der Waals surface area contributed by atoms with Crippen molar-refractivity contribution < 1.29 is 4.79 Å². The van der Waals surface area contributed by atoms with Crippen LogP contribution in [0.3, 0.4) is 0 Å². The highest BCUT2D eigenvalue weighted by Crippen LogP contribution is 2.26. The third-order valence-electron chi connectivity index (χ3n) is 3.35. The van der Waals surface area contributed by atoms with Gasteiger partial charge in [-0.05, 0) is 49.4 Å². The predicted molar refractivity (Wildman–Crippen MR) is 67.2 cm³/mol. The summed E-state index contributed by atoms with van der Waals surface area (Å²) in [5.41, 5.74) is 3.27. The highest BCUT2D eigenvalue weighted by molar-refractivity contribution is 5.77. The summed E-state index contributed by atoms with van der Waals surface area (Å²) in [5.74, 6) is 0.777. The number of nitrogens with zero attached hydrogens (tertiary/aromatic N) is 1. The molecule has 1 saturated heterocycles. The predicted octanol–water partition coefficient (Wildman–Crippen LogP) is 3.04. The molecule has 86 valence electrons. The summed E-state index contributed by atoms with van der Waals surface area (Å²) in [6, 6.07) is 5.97. The molecule has 16 heavy (non-hydrogen) atoms. The molecule has 0 aromatic heterocycles. The lowest BCUT2D eigenvalue weighted by molar-refractivity contribution is 0.112. The van der Waals surface area contributed by atoms with Crippen LogP contribution in [0, 0.1) is 12.8 Å². The van der Waals surface area contributed by atoms with E-state index >= 15 is 0 Å². The quantitative estimate of drug-likeness (QED) is 0.710. The molecule has 0 radical (unpaired) electrons. The minimum Gasteiger partial charge on any atom is -0.371 e. The highest BCUT2D eigenvalue weighted by atomic mass is 16.1. The molecule has 1 aromatic carbocycles. The number of carbonyl (C=O) groups is 1. The molecule has 1 unspecified atom stereocenters. The summed E-state index contributed by atoms with van der Waals surface area (Å²) >= 11 is 0. The molecule has 1 aliphatic rings. The maximum atomic E-state index is 10.7. The highest BCUT2D eigenvalue weighted by Gasteiger charge is 2.17. The van der Waals surface area contributed by atoms with E-state index in [-0.39, 0.29) is 0 Å². The van der Waals surface area contributed by atoms with Gasteiger partial charge in [-0.15, -0.1) is 0 Å². The van der Waals surface area contributed by atoms with Crippen molar-refractivity contribution in [2.75, 3.05) is 18.0 Å². The fourth-order valence-corrected chi connectivity index (χ4v) is 2.51. The van der Waals surface area contributed by atoms with Crippen LogP contribution in [0.1, 0.15) is 35.7 Å². The fourth-order valence-electron chi connectivity index (χ4n) is 2.51. The number of anilines is 1.